The number of carbonyl (C=O) groups excluding carboxylic acids is 1. The largest absolute Gasteiger partial charge is 0.468 e. The van der Waals surface area contributed by atoms with Crippen molar-refractivity contribution >= 4 is 27.7 Å². The Morgan fingerprint density at radius 1 is 1.25 bits per heavy atom. The summed E-state index contributed by atoms with van der Waals surface area (Å²) in [6, 6.07) is 12.1. The van der Waals surface area contributed by atoms with Gasteiger partial charge in [-0.1, -0.05) is 6.07 Å². The maximum absolute atomic E-state index is 12.0. The molecule has 0 saturated heterocycles. The minimum Gasteiger partial charge on any atom is -0.468 e. The minimum absolute atomic E-state index is 0.174. The maximum atomic E-state index is 12.0. The fraction of sp³-hybridized carbons (Fsp3) is 0.143. The summed E-state index contributed by atoms with van der Waals surface area (Å²) in [6.07, 6.45) is 0. The van der Waals surface area contributed by atoms with E-state index in [0.29, 0.717) is 21.7 Å². The fourth-order valence-electron chi connectivity index (χ4n) is 1.50. The van der Waals surface area contributed by atoms with Crippen molar-refractivity contribution in [2.45, 2.75) is 0 Å². The third-order valence-corrected chi connectivity index (χ3v) is 2.86. The van der Waals surface area contributed by atoms with Crippen molar-refractivity contribution in [2.24, 2.45) is 0 Å². The summed E-state index contributed by atoms with van der Waals surface area (Å²) in [7, 11) is 1.55. The van der Waals surface area contributed by atoms with Crippen molar-refractivity contribution < 1.29 is 14.3 Å². The van der Waals surface area contributed by atoms with Crippen molar-refractivity contribution in [1.29, 1.82) is 0 Å². The van der Waals surface area contributed by atoms with Gasteiger partial charge in [-0.15, -0.1) is 0 Å². The second-order valence-electron chi connectivity index (χ2n) is 3.87. The van der Waals surface area contributed by atoms with Gasteiger partial charge >= 0.3 is 0 Å². The highest BCUT2D eigenvalue weighted by atomic mass is 79.9. The number of carbonyl (C=O) groups is 1. The van der Waals surface area contributed by atoms with Gasteiger partial charge in [-0.25, -0.2) is 4.98 Å². The van der Waals surface area contributed by atoms with E-state index in [9.17, 15) is 4.79 Å². The number of aromatic nitrogens is 1. The van der Waals surface area contributed by atoms with Crippen molar-refractivity contribution in [3.05, 3.63) is 52.6 Å². The number of hydrogen-bond acceptors (Lipinski definition) is 4. The van der Waals surface area contributed by atoms with Crippen LogP contribution in [0.25, 0.3) is 0 Å². The van der Waals surface area contributed by atoms with Crippen LogP contribution in [0, 0.1) is 0 Å². The van der Waals surface area contributed by atoms with E-state index < -0.39 is 0 Å². The second-order valence-corrected chi connectivity index (χ2v) is 4.69. The van der Waals surface area contributed by atoms with Crippen LogP contribution in [0.4, 0.5) is 5.82 Å². The lowest BCUT2D eigenvalue weighted by Gasteiger charge is -2.07. The Balaban J connectivity index is 2.02. The zero-order chi connectivity index (χ0) is 14.4. The molecule has 0 aliphatic heterocycles. The predicted octanol–water partition coefficient (Wildman–Crippen LogP) is 3.08. The normalized spacial score (nSPS) is 10.1. The molecular formula is C14H13BrN2O3. The zero-order valence-corrected chi connectivity index (χ0v) is 12.4. The van der Waals surface area contributed by atoms with E-state index in [2.05, 4.69) is 26.2 Å². The maximum Gasteiger partial charge on any atom is 0.256 e. The van der Waals surface area contributed by atoms with Crippen LogP contribution >= 0.6 is 15.9 Å². The van der Waals surface area contributed by atoms with Gasteiger partial charge in [0.2, 0.25) is 0 Å². The first-order chi connectivity index (χ1) is 9.69. The Bertz CT molecular complexity index is 587. The molecule has 0 aliphatic carbocycles. The number of nitrogens with zero attached hydrogens (tertiary/aromatic N) is 1. The lowest BCUT2D eigenvalue weighted by molar-refractivity contribution is 0.0511. The molecule has 0 spiro atoms. The van der Waals surface area contributed by atoms with Gasteiger partial charge in [0.15, 0.2) is 6.79 Å². The third-order valence-electron chi connectivity index (χ3n) is 2.42. The number of rotatable bonds is 5. The smallest absolute Gasteiger partial charge is 0.256 e. The van der Waals surface area contributed by atoms with Gasteiger partial charge < -0.3 is 14.8 Å². The van der Waals surface area contributed by atoms with Gasteiger partial charge in [0.25, 0.3) is 5.91 Å². The molecule has 104 valence electrons. The van der Waals surface area contributed by atoms with E-state index in [1.807, 2.05) is 0 Å². The first-order valence-electron chi connectivity index (χ1n) is 5.85. The van der Waals surface area contributed by atoms with Gasteiger partial charge in [0.1, 0.15) is 16.2 Å². The molecule has 0 radical (unpaired) electrons. The van der Waals surface area contributed by atoms with E-state index >= 15 is 0 Å². The Morgan fingerprint density at radius 2 is 2.00 bits per heavy atom. The molecule has 1 amide bonds. The highest BCUT2D eigenvalue weighted by Crippen LogP contribution is 2.14. The highest BCUT2D eigenvalue weighted by Gasteiger charge is 2.07. The van der Waals surface area contributed by atoms with E-state index in [1.54, 1.807) is 49.6 Å². The quantitative estimate of drug-likeness (QED) is 0.673. The summed E-state index contributed by atoms with van der Waals surface area (Å²) in [6.45, 7) is 0.174. The summed E-state index contributed by atoms with van der Waals surface area (Å²) in [5, 5.41) is 2.72. The molecular weight excluding hydrogens is 324 g/mol. The van der Waals surface area contributed by atoms with Gasteiger partial charge in [0, 0.05) is 12.7 Å². The molecule has 1 aromatic carbocycles. The Hall–Kier alpha value is -1.92. The number of methoxy groups -OCH3 is 1. The monoisotopic (exact) mass is 336 g/mol. The SMILES string of the molecule is COCOc1ccc(C(=O)Nc2cccc(Br)n2)cc1. The number of benzene rings is 1. The van der Waals surface area contributed by atoms with Crippen LogP contribution in [-0.2, 0) is 4.74 Å². The van der Waals surface area contributed by atoms with Crippen molar-refractivity contribution in [3.63, 3.8) is 0 Å². The molecule has 0 bridgehead atoms. The highest BCUT2D eigenvalue weighted by molar-refractivity contribution is 9.10. The van der Waals surface area contributed by atoms with Crippen LogP contribution in [0.5, 0.6) is 5.75 Å². The number of hydrogen-bond donors (Lipinski definition) is 1. The standard InChI is InChI=1S/C14H13BrN2O3/c1-19-9-20-11-7-5-10(6-8-11)14(18)17-13-4-2-3-12(15)16-13/h2-8H,9H2,1H3,(H,16,17,18). The molecule has 0 aliphatic rings. The number of anilines is 1. The lowest BCUT2D eigenvalue weighted by atomic mass is 10.2. The molecule has 0 saturated carbocycles. The molecule has 2 aromatic rings. The molecule has 0 atom stereocenters. The molecule has 0 fully saturated rings. The summed E-state index contributed by atoms with van der Waals surface area (Å²) in [5.41, 5.74) is 0.525. The van der Waals surface area contributed by atoms with Crippen LogP contribution in [0.2, 0.25) is 0 Å². The van der Waals surface area contributed by atoms with E-state index in [1.165, 1.54) is 0 Å². The van der Waals surface area contributed by atoms with Gasteiger partial charge in [-0.2, -0.15) is 0 Å². The number of amides is 1. The Morgan fingerprint density at radius 3 is 2.65 bits per heavy atom. The number of nitrogens with one attached hydrogen (secondary N) is 1. The van der Waals surface area contributed by atoms with Crippen LogP contribution in [0.1, 0.15) is 10.4 Å². The first kappa shape index (κ1) is 14.5. The molecule has 20 heavy (non-hydrogen) atoms. The second kappa shape index (κ2) is 7.02. The van der Waals surface area contributed by atoms with Crippen LogP contribution in [0.15, 0.2) is 47.1 Å². The van der Waals surface area contributed by atoms with Crippen molar-refractivity contribution in [3.8, 4) is 5.75 Å². The summed E-state index contributed by atoms with van der Waals surface area (Å²) >= 11 is 3.25. The average Bonchev–Trinajstić information content (AvgIpc) is 2.45. The van der Waals surface area contributed by atoms with Crippen LogP contribution in [-0.4, -0.2) is 24.8 Å². The number of ether oxygens (including phenoxy) is 2. The number of pyridine rings is 1. The molecule has 6 heteroatoms. The van der Waals surface area contributed by atoms with E-state index in [-0.39, 0.29) is 12.7 Å². The summed E-state index contributed by atoms with van der Waals surface area (Å²) < 4.78 is 10.7. The summed E-state index contributed by atoms with van der Waals surface area (Å²) in [4.78, 5) is 16.2. The molecule has 2 rings (SSSR count). The first-order valence-corrected chi connectivity index (χ1v) is 6.64. The summed E-state index contributed by atoms with van der Waals surface area (Å²) in [5.74, 6) is 0.905. The van der Waals surface area contributed by atoms with Crippen LogP contribution in [0.3, 0.4) is 0 Å². The van der Waals surface area contributed by atoms with Gasteiger partial charge in [-0.3, -0.25) is 4.79 Å². The van der Waals surface area contributed by atoms with E-state index in [0.717, 1.165) is 0 Å². The van der Waals surface area contributed by atoms with Crippen LogP contribution < -0.4 is 10.1 Å². The molecule has 1 N–H and O–H groups in total. The lowest BCUT2D eigenvalue weighted by Crippen LogP contribution is -2.12. The van der Waals surface area contributed by atoms with Crippen molar-refractivity contribution in [2.75, 3.05) is 19.2 Å². The van der Waals surface area contributed by atoms with Gasteiger partial charge in [0.05, 0.1) is 0 Å². The topological polar surface area (TPSA) is 60.5 Å². The molecule has 1 aromatic heterocycles. The number of halogens is 1. The fourth-order valence-corrected chi connectivity index (χ4v) is 1.84. The molecule has 5 nitrogen and oxygen atoms in total. The Labute approximate surface area is 125 Å². The average molecular weight is 337 g/mol. The van der Waals surface area contributed by atoms with E-state index in [4.69, 9.17) is 9.47 Å². The predicted molar refractivity (Wildman–Crippen MR) is 78.8 cm³/mol. The van der Waals surface area contributed by atoms with Gasteiger partial charge in [-0.05, 0) is 52.3 Å². The molecule has 1 heterocycles. The third kappa shape index (κ3) is 4.04. The molecule has 0 unspecified atom stereocenters. The van der Waals surface area contributed by atoms with Crippen molar-refractivity contribution in [1.82, 2.24) is 4.98 Å². The zero-order valence-electron chi connectivity index (χ0n) is 10.8. The minimum atomic E-state index is -0.228. The Kier molecular flexibility index (Phi) is 5.09.